The van der Waals surface area contributed by atoms with Crippen LogP contribution >= 0.6 is 0 Å². The van der Waals surface area contributed by atoms with E-state index in [2.05, 4.69) is 46.6 Å². The van der Waals surface area contributed by atoms with E-state index in [-0.39, 0.29) is 5.56 Å². The van der Waals surface area contributed by atoms with Gasteiger partial charge in [0.05, 0.1) is 11.3 Å². The fourth-order valence-corrected chi connectivity index (χ4v) is 2.69. The molecule has 0 radical (unpaired) electrons. The van der Waals surface area contributed by atoms with Crippen LogP contribution in [0.15, 0.2) is 54.6 Å². The van der Waals surface area contributed by atoms with E-state index in [1.807, 2.05) is 19.1 Å². The summed E-state index contributed by atoms with van der Waals surface area (Å²) in [6, 6.07) is 16.6. The summed E-state index contributed by atoms with van der Waals surface area (Å²) < 4.78 is 0. The summed E-state index contributed by atoms with van der Waals surface area (Å²) in [5, 5.41) is 15.6. The third kappa shape index (κ3) is 4.61. The largest absolute Gasteiger partial charge is 0.478 e. The molecule has 0 bridgehead atoms. The number of carboxylic acids is 1. The first kappa shape index (κ1) is 18.4. The molecule has 0 saturated heterocycles. The molecule has 138 valence electrons. The summed E-state index contributed by atoms with van der Waals surface area (Å²) in [6.45, 7) is 6.17. The zero-order valence-electron chi connectivity index (χ0n) is 15.5. The van der Waals surface area contributed by atoms with E-state index in [1.165, 1.54) is 5.56 Å². The van der Waals surface area contributed by atoms with E-state index in [4.69, 9.17) is 0 Å². The molecule has 6 nitrogen and oxygen atoms in total. The molecule has 0 aliphatic rings. The van der Waals surface area contributed by atoms with Crippen molar-refractivity contribution in [1.82, 2.24) is 9.97 Å². The van der Waals surface area contributed by atoms with Crippen LogP contribution in [0.3, 0.4) is 0 Å². The molecule has 0 saturated carbocycles. The Balaban J connectivity index is 1.83. The summed E-state index contributed by atoms with van der Waals surface area (Å²) >= 11 is 0. The number of nitrogens with one attached hydrogen (secondary N) is 2. The van der Waals surface area contributed by atoms with Gasteiger partial charge in [-0.05, 0) is 42.7 Å². The van der Waals surface area contributed by atoms with Crippen molar-refractivity contribution in [3.63, 3.8) is 0 Å². The van der Waals surface area contributed by atoms with Gasteiger partial charge in [-0.15, -0.1) is 0 Å². The molecule has 0 atom stereocenters. The van der Waals surface area contributed by atoms with Crippen molar-refractivity contribution in [2.24, 2.45) is 0 Å². The number of benzene rings is 2. The van der Waals surface area contributed by atoms with Gasteiger partial charge in [0, 0.05) is 17.4 Å². The van der Waals surface area contributed by atoms with Crippen LogP contribution in [0.5, 0.6) is 0 Å². The second-order valence-electron chi connectivity index (χ2n) is 6.60. The quantitative estimate of drug-likeness (QED) is 0.566. The van der Waals surface area contributed by atoms with Crippen LogP contribution in [0.2, 0.25) is 0 Å². The third-order valence-corrected chi connectivity index (χ3v) is 4.11. The topological polar surface area (TPSA) is 87.1 Å². The number of carbonyl (C=O) groups is 1. The molecule has 3 N–H and O–H groups in total. The second-order valence-corrected chi connectivity index (χ2v) is 6.60. The number of para-hydroxylation sites is 1. The van der Waals surface area contributed by atoms with Crippen molar-refractivity contribution >= 4 is 29.1 Å². The standard InChI is InChI=1S/C21H22N4O2/c1-13(2)15-8-10-16(11-9-15)23-21-22-14(3)12-19(25-21)24-18-7-5-4-6-17(18)20(26)27/h4-13H,1-3H3,(H,26,27)(H2,22,23,24,25). The van der Waals surface area contributed by atoms with Crippen LogP contribution in [0.1, 0.15) is 41.4 Å². The van der Waals surface area contributed by atoms with Crippen LogP contribution in [-0.4, -0.2) is 21.0 Å². The summed E-state index contributed by atoms with van der Waals surface area (Å²) in [4.78, 5) is 20.2. The van der Waals surface area contributed by atoms with Crippen molar-refractivity contribution in [3.8, 4) is 0 Å². The zero-order valence-corrected chi connectivity index (χ0v) is 15.5. The minimum Gasteiger partial charge on any atom is -0.478 e. The molecule has 6 heteroatoms. The second kappa shape index (κ2) is 7.86. The van der Waals surface area contributed by atoms with Crippen LogP contribution in [0.25, 0.3) is 0 Å². The van der Waals surface area contributed by atoms with Gasteiger partial charge in [-0.2, -0.15) is 4.98 Å². The molecular weight excluding hydrogens is 340 g/mol. The molecular formula is C21H22N4O2. The van der Waals surface area contributed by atoms with E-state index in [1.54, 1.807) is 30.3 Å². The Hall–Kier alpha value is -3.41. The fourth-order valence-electron chi connectivity index (χ4n) is 2.69. The van der Waals surface area contributed by atoms with E-state index in [0.29, 0.717) is 23.4 Å². The smallest absolute Gasteiger partial charge is 0.337 e. The van der Waals surface area contributed by atoms with Crippen molar-refractivity contribution in [2.75, 3.05) is 10.6 Å². The Labute approximate surface area is 158 Å². The predicted octanol–water partition coefficient (Wildman–Crippen LogP) is 5.09. The molecule has 0 fully saturated rings. The number of hydrogen-bond acceptors (Lipinski definition) is 5. The van der Waals surface area contributed by atoms with Gasteiger partial charge in [0.15, 0.2) is 0 Å². The van der Waals surface area contributed by atoms with Gasteiger partial charge >= 0.3 is 5.97 Å². The Morgan fingerprint density at radius 3 is 2.37 bits per heavy atom. The van der Waals surface area contributed by atoms with Crippen LogP contribution in [0.4, 0.5) is 23.1 Å². The van der Waals surface area contributed by atoms with E-state index in [0.717, 1.165) is 11.4 Å². The molecule has 0 aliphatic carbocycles. The van der Waals surface area contributed by atoms with Gasteiger partial charge < -0.3 is 15.7 Å². The van der Waals surface area contributed by atoms with Crippen molar-refractivity contribution in [2.45, 2.75) is 26.7 Å². The summed E-state index contributed by atoms with van der Waals surface area (Å²) in [5.41, 5.74) is 3.59. The number of rotatable bonds is 6. The number of nitrogens with zero attached hydrogens (tertiary/aromatic N) is 2. The highest BCUT2D eigenvalue weighted by Gasteiger charge is 2.11. The third-order valence-electron chi connectivity index (χ3n) is 4.11. The minimum atomic E-state index is -0.993. The number of anilines is 4. The van der Waals surface area contributed by atoms with Gasteiger partial charge in [0.2, 0.25) is 5.95 Å². The Morgan fingerprint density at radius 1 is 1.00 bits per heavy atom. The number of aryl methyl sites for hydroxylation is 1. The fraction of sp³-hybridized carbons (Fsp3) is 0.190. The van der Waals surface area contributed by atoms with Crippen LogP contribution in [0, 0.1) is 6.92 Å². The monoisotopic (exact) mass is 362 g/mol. The predicted molar refractivity (Wildman–Crippen MR) is 107 cm³/mol. The van der Waals surface area contributed by atoms with Gasteiger partial charge in [0.1, 0.15) is 5.82 Å². The van der Waals surface area contributed by atoms with Crippen LogP contribution in [-0.2, 0) is 0 Å². The lowest BCUT2D eigenvalue weighted by atomic mass is 10.0. The molecule has 1 aromatic heterocycles. The number of hydrogen-bond donors (Lipinski definition) is 3. The first-order chi connectivity index (χ1) is 12.9. The Bertz CT molecular complexity index is 953. The first-order valence-corrected chi connectivity index (χ1v) is 8.74. The average Bonchev–Trinajstić information content (AvgIpc) is 2.62. The molecule has 0 amide bonds. The molecule has 2 aromatic carbocycles. The number of aromatic nitrogens is 2. The average molecular weight is 362 g/mol. The van der Waals surface area contributed by atoms with Crippen molar-refractivity contribution < 1.29 is 9.90 Å². The van der Waals surface area contributed by atoms with Gasteiger partial charge in [-0.25, -0.2) is 9.78 Å². The Morgan fingerprint density at radius 2 is 1.70 bits per heavy atom. The zero-order chi connectivity index (χ0) is 19.4. The van der Waals surface area contributed by atoms with Gasteiger partial charge in [-0.3, -0.25) is 0 Å². The maximum Gasteiger partial charge on any atom is 0.337 e. The normalized spacial score (nSPS) is 10.7. The highest BCUT2D eigenvalue weighted by molar-refractivity contribution is 5.95. The molecule has 0 unspecified atom stereocenters. The number of aromatic carboxylic acids is 1. The maximum absolute atomic E-state index is 11.4. The van der Waals surface area contributed by atoms with E-state index < -0.39 is 5.97 Å². The molecule has 0 spiro atoms. The maximum atomic E-state index is 11.4. The van der Waals surface area contributed by atoms with E-state index in [9.17, 15) is 9.90 Å². The lowest BCUT2D eigenvalue weighted by Gasteiger charge is -2.12. The SMILES string of the molecule is Cc1cc(Nc2ccccc2C(=O)O)nc(Nc2ccc(C(C)C)cc2)n1. The lowest BCUT2D eigenvalue weighted by molar-refractivity contribution is 0.0698. The molecule has 27 heavy (non-hydrogen) atoms. The summed E-state index contributed by atoms with van der Waals surface area (Å²) in [6.07, 6.45) is 0. The highest BCUT2D eigenvalue weighted by Crippen LogP contribution is 2.23. The molecule has 3 aromatic rings. The highest BCUT2D eigenvalue weighted by atomic mass is 16.4. The molecule has 1 heterocycles. The molecule has 0 aliphatic heterocycles. The molecule has 3 rings (SSSR count). The van der Waals surface area contributed by atoms with Crippen molar-refractivity contribution in [3.05, 3.63) is 71.4 Å². The lowest BCUT2D eigenvalue weighted by Crippen LogP contribution is -2.06. The minimum absolute atomic E-state index is 0.188. The summed E-state index contributed by atoms with van der Waals surface area (Å²) in [5.74, 6) is 0.451. The Kier molecular flexibility index (Phi) is 5.35. The van der Waals surface area contributed by atoms with Crippen molar-refractivity contribution in [1.29, 1.82) is 0 Å². The number of carboxylic acid groups (broad SMARTS) is 1. The van der Waals surface area contributed by atoms with E-state index >= 15 is 0 Å². The van der Waals surface area contributed by atoms with Gasteiger partial charge in [-0.1, -0.05) is 38.1 Å². The first-order valence-electron chi connectivity index (χ1n) is 8.74. The van der Waals surface area contributed by atoms with Crippen LogP contribution < -0.4 is 10.6 Å². The van der Waals surface area contributed by atoms with Gasteiger partial charge in [0.25, 0.3) is 0 Å². The summed E-state index contributed by atoms with van der Waals surface area (Å²) in [7, 11) is 0.